The van der Waals surface area contributed by atoms with Gasteiger partial charge < -0.3 is 9.73 Å². The Balaban J connectivity index is 1.45. The van der Waals surface area contributed by atoms with Crippen LogP contribution >= 0.6 is 12.2 Å². The fourth-order valence-corrected chi connectivity index (χ4v) is 3.25. The van der Waals surface area contributed by atoms with Crippen LogP contribution in [-0.4, -0.2) is 21.0 Å². The summed E-state index contributed by atoms with van der Waals surface area (Å²) in [4.78, 5) is 21.0. The first-order valence-corrected chi connectivity index (χ1v) is 9.98. The summed E-state index contributed by atoms with van der Waals surface area (Å²) in [6.07, 6.45) is 2.61. The van der Waals surface area contributed by atoms with Crippen LogP contribution in [0.1, 0.15) is 28.4 Å². The Bertz CT molecular complexity index is 1200. The zero-order valence-electron chi connectivity index (χ0n) is 16.6. The summed E-state index contributed by atoms with van der Waals surface area (Å²) in [5.41, 5.74) is 5.52. The molecule has 0 saturated carbocycles. The molecule has 2 aromatic heterocycles. The number of amides is 1. The minimum atomic E-state index is -0.247. The van der Waals surface area contributed by atoms with Crippen molar-refractivity contribution in [2.24, 2.45) is 0 Å². The number of oxazole rings is 1. The van der Waals surface area contributed by atoms with Gasteiger partial charge in [-0.1, -0.05) is 19.1 Å². The second-order valence-electron chi connectivity index (χ2n) is 6.83. The van der Waals surface area contributed by atoms with Crippen LogP contribution in [0.5, 0.6) is 0 Å². The van der Waals surface area contributed by atoms with Gasteiger partial charge in [0.15, 0.2) is 16.3 Å². The molecule has 2 heterocycles. The maximum Gasteiger partial charge on any atom is 0.257 e. The summed E-state index contributed by atoms with van der Waals surface area (Å²) in [5.74, 6) is 0.258. The first-order chi connectivity index (χ1) is 14.5. The van der Waals surface area contributed by atoms with Gasteiger partial charge in [0.25, 0.3) is 5.91 Å². The van der Waals surface area contributed by atoms with E-state index in [9.17, 15) is 4.79 Å². The van der Waals surface area contributed by atoms with Crippen molar-refractivity contribution in [3.05, 3.63) is 77.5 Å². The molecule has 0 fully saturated rings. The number of thiocarbonyl (C=S) groups is 1. The van der Waals surface area contributed by atoms with E-state index in [2.05, 4.69) is 27.5 Å². The monoisotopic (exact) mass is 416 g/mol. The molecule has 2 aromatic carbocycles. The minimum Gasteiger partial charge on any atom is -0.434 e. The Kier molecular flexibility index (Phi) is 5.54. The van der Waals surface area contributed by atoms with Crippen LogP contribution in [0.2, 0.25) is 0 Å². The normalized spacial score (nSPS) is 10.7. The summed E-state index contributed by atoms with van der Waals surface area (Å²) in [5, 5.41) is 6.03. The number of hydrogen-bond acceptors (Lipinski definition) is 5. The number of benzene rings is 2. The number of hydrogen-bond donors (Lipinski definition) is 2. The minimum absolute atomic E-state index is 0.237. The predicted octanol–water partition coefficient (Wildman–Crippen LogP) is 4.89. The first kappa shape index (κ1) is 19.7. The zero-order chi connectivity index (χ0) is 21.1. The van der Waals surface area contributed by atoms with Crippen LogP contribution in [0.4, 0.5) is 5.69 Å². The van der Waals surface area contributed by atoms with E-state index in [0.29, 0.717) is 22.7 Å². The van der Waals surface area contributed by atoms with Crippen molar-refractivity contribution in [3.8, 4) is 11.5 Å². The molecule has 7 heteroatoms. The van der Waals surface area contributed by atoms with Crippen molar-refractivity contribution < 1.29 is 9.21 Å². The van der Waals surface area contributed by atoms with E-state index in [1.807, 2.05) is 49.4 Å². The largest absolute Gasteiger partial charge is 0.434 e. The van der Waals surface area contributed by atoms with E-state index in [1.54, 1.807) is 18.3 Å². The van der Waals surface area contributed by atoms with Crippen molar-refractivity contribution in [1.29, 1.82) is 0 Å². The Morgan fingerprint density at radius 3 is 2.63 bits per heavy atom. The molecular formula is C23H20N4O2S. The lowest BCUT2D eigenvalue weighted by Gasteiger charge is -2.12. The Labute approximate surface area is 179 Å². The van der Waals surface area contributed by atoms with Gasteiger partial charge in [-0.05, 0) is 79.2 Å². The van der Waals surface area contributed by atoms with E-state index in [4.69, 9.17) is 16.6 Å². The molecule has 4 aromatic rings. The molecule has 30 heavy (non-hydrogen) atoms. The average Bonchev–Trinajstić information content (AvgIpc) is 3.19. The quantitative estimate of drug-likeness (QED) is 0.461. The van der Waals surface area contributed by atoms with Crippen LogP contribution in [-0.2, 0) is 6.42 Å². The number of anilines is 1. The topological polar surface area (TPSA) is 80.0 Å². The van der Waals surface area contributed by atoms with E-state index in [1.165, 1.54) is 5.56 Å². The van der Waals surface area contributed by atoms with Crippen molar-refractivity contribution in [1.82, 2.24) is 15.3 Å². The number of nitrogens with one attached hydrogen (secondary N) is 2. The average molecular weight is 417 g/mol. The van der Waals surface area contributed by atoms with Gasteiger partial charge in [0, 0.05) is 23.0 Å². The maximum absolute atomic E-state index is 12.4. The lowest BCUT2D eigenvalue weighted by atomic mass is 10.1. The van der Waals surface area contributed by atoms with E-state index in [0.717, 1.165) is 23.2 Å². The van der Waals surface area contributed by atoms with Crippen LogP contribution in [0.25, 0.3) is 22.7 Å². The molecule has 0 aliphatic carbocycles. The van der Waals surface area contributed by atoms with E-state index in [-0.39, 0.29) is 11.0 Å². The molecule has 0 aliphatic rings. The number of aryl methyl sites for hydroxylation is 2. The molecule has 0 spiro atoms. The summed E-state index contributed by atoms with van der Waals surface area (Å²) >= 11 is 5.31. The Hall–Kier alpha value is -3.58. The fourth-order valence-electron chi connectivity index (χ4n) is 3.05. The molecular weight excluding hydrogens is 396 g/mol. The van der Waals surface area contributed by atoms with Gasteiger partial charge in [-0.2, -0.15) is 4.98 Å². The van der Waals surface area contributed by atoms with Crippen molar-refractivity contribution >= 4 is 40.2 Å². The number of pyridine rings is 1. The van der Waals surface area contributed by atoms with Crippen LogP contribution in [0, 0.1) is 6.92 Å². The highest BCUT2D eigenvalue weighted by molar-refractivity contribution is 7.80. The van der Waals surface area contributed by atoms with Gasteiger partial charge in [-0.15, -0.1) is 0 Å². The summed E-state index contributed by atoms with van der Waals surface area (Å²) in [6, 6.07) is 16.8. The SMILES string of the molecule is CCc1ccc(C(=O)NC(=S)Nc2ccc(-c3nc4ncccc4o3)cc2C)cc1. The number of carbonyl (C=O) groups excluding carboxylic acids is 1. The second kappa shape index (κ2) is 8.42. The van der Waals surface area contributed by atoms with Crippen LogP contribution in [0.15, 0.2) is 65.2 Å². The van der Waals surface area contributed by atoms with E-state index < -0.39 is 0 Å². The van der Waals surface area contributed by atoms with Gasteiger partial charge in [0.1, 0.15) is 0 Å². The highest BCUT2D eigenvalue weighted by Crippen LogP contribution is 2.26. The Morgan fingerprint density at radius 1 is 1.13 bits per heavy atom. The van der Waals surface area contributed by atoms with Gasteiger partial charge in [-0.3, -0.25) is 10.1 Å². The summed E-state index contributed by atoms with van der Waals surface area (Å²) < 4.78 is 5.77. The van der Waals surface area contributed by atoms with Gasteiger partial charge in [0.2, 0.25) is 5.89 Å². The second-order valence-corrected chi connectivity index (χ2v) is 7.24. The third-order valence-corrected chi connectivity index (χ3v) is 4.94. The van der Waals surface area contributed by atoms with Crippen molar-refractivity contribution in [2.75, 3.05) is 5.32 Å². The number of aromatic nitrogens is 2. The number of rotatable bonds is 4. The molecule has 2 N–H and O–H groups in total. The smallest absolute Gasteiger partial charge is 0.257 e. The predicted molar refractivity (Wildman–Crippen MR) is 121 cm³/mol. The molecule has 0 unspecified atom stereocenters. The molecule has 6 nitrogen and oxygen atoms in total. The standard InChI is InChI=1S/C23H20N4O2S/c1-3-15-6-8-16(9-7-15)21(28)27-23(30)25-18-11-10-17(13-14(18)2)22-26-20-19(29-22)5-4-12-24-20/h4-13H,3H2,1-2H3,(H2,25,27,28,30). The third-order valence-electron chi connectivity index (χ3n) is 4.74. The van der Waals surface area contributed by atoms with Gasteiger partial charge in [-0.25, -0.2) is 4.98 Å². The maximum atomic E-state index is 12.4. The van der Waals surface area contributed by atoms with Crippen LogP contribution < -0.4 is 10.6 Å². The molecule has 0 saturated heterocycles. The molecule has 4 rings (SSSR count). The highest BCUT2D eigenvalue weighted by atomic mass is 32.1. The summed E-state index contributed by atoms with van der Waals surface area (Å²) in [7, 11) is 0. The molecule has 0 radical (unpaired) electrons. The Morgan fingerprint density at radius 2 is 1.93 bits per heavy atom. The lowest BCUT2D eigenvalue weighted by Crippen LogP contribution is -2.34. The number of carbonyl (C=O) groups is 1. The molecule has 0 bridgehead atoms. The molecule has 0 aliphatic heterocycles. The lowest BCUT2D eigenvalue weighted by molar-refractivity contribution is 0.0977. The third kappa shape index (κ3) is 4.21. The highest BCUT2D eigenvalue weighted by Gasteiger charge is 2.12. The first-order valence-electron chi connectivity index (χ1n) is 9.57. The molecule has 1 amide bonds. The zero-order valence-corrected chi connectivity index (χ0v) is 17.4. The van der Waals surface area contributed by atoms with Gasteiger partial charge >= 0.3 is 0 Å². The van der Waals surface area contributed by atoms with Crippen molar-refractivity contribution in [2.45, 2.75) is 20.3 Å². The summed E-state index contributed by atoms with van der Waals surface area (Å²) in [6.45, 7) is 4.02. The van der Waals surface area contributed by atoms with Crippen molar-refractivity contribution in [3.63, 3.8) is 0 Å². The van der Waals surface area contributed by atoms with E-state index >= 15 is 0 Å². The van der Waals surface area contributed by atoms with Crippen LogP contribution in [0.3, 0.4) is 0 Å². The number of nitrogens with zero attached hydrogens (tertiary/aromatic N) is 2. The number of fused-ring (bicyclic) bond motifs is 1. The van der Waals surface area contributed by atoms with Gasteiger partial charge in [0.05, 0.1) is 0 Å². The molecule has 150 valence electrons. The fraction of sp³-hybridized carbons (Fsp3) is 0.130. The molecule has 0 atom stereocenters.